The van der Waals surface area contributed by atoms with Crippen molar-refractivity contribution in [3.63, 3.8) is 0 Å². The Balaban J connectivity index is 1.67. The van der Waals surface area contributed by atoms with Crippen molar-refractivity contribution in [1.29, 1.82) is 0 Å². The molecule has 0 unspecified atom stereocenters. The Morgan fingerprint density at radius 3 is 2.81 bits per heavy atom. The Labute approximate surface area is 133 Å². The zero-order chi connectivity index (χ0) is 15.1. The van der Waals surface area contributed by atoms with Crippen molar-refractivity contribution in [2.24, 2.45) is 0 Å². The van der Waals surface area contributed by atoms with Gasteiger partial charge in [-0.1, -0.05) is 18.2 Å². The van der Waals surface area contributed by atoms with E-state index >= 15 is 0 Å². The molecule has 1 aromatic heterocycles. The van der Waals surface area contributed by atoms with Gasteiger partial charge in [0.2, 0.25) is 0 Å². The van der Waals surface area contributed by atoms with Crippen LogP contribution >= 0.6 is 23.1 Å². The summed E-state index contributed by atoms with van der Waals surface area (Å²) in [6, 6.07) is 10.1. The molecule has 0 spiro atoms. The van der Waals surface area contributed by atoms with E-state index in [1.807, 2.05) is 30.5 Å². The van der Waals surface area contributed by atoms with E-state index in [0.29, 0.717) is 13.1 Å². The number of carbonyl (C=O) groups excluding carboxylic acids is 1. The average Bonchev–Trinajstić information content (AvgIpc) is 2.89. The Morgan fingerprint density at radius 1 is 1.38 bits per heavy atom. The number of thioether (sulfide) groups is 1. The van der Waals surface area contributed by atoms with Gasteiger partial charge in [0.25, 0.3) is 0 Å². The predicted molar refractivity (Wildman–Crippen MR) is 88.9 cm³/mol. The van der Waals surface area contributed by atoms with Gasteiger partial charge >= 0.3 is 6.03 Å². The normalized spacial score (nSPS) is 10.4. The minimum atomic E-state index is -0.0608. The summed E-state index contributed by atoms with van der Waals surface area (Å²) in [5.74, 6) is 0.861. The fourth-order valence-electron chi connectivity index (χ4n) is 1.77. The van der Waals surface area contributed by atoms with Gasteiger partial charge in [0.1, 0.15) is 0 Å². The molecule has 0 aliphatic rings. The number of aromatic nitrogens is 1. The minimum absolute atomic E-state index is 0.0608. The predicted octanol–water partition coefficient (Wildman–Crippen LogP) is 3.39. The third kappa shape index (κ3) is 5.40. The monoisotopic (exact) mass is 321 g/mol. The molecular formula is C15H19N3OS2. The van der Waals surface area contributed by atoms with Gasteiger partial charge in [0, 0.05) is 29.6 Å². The Morgan fingerprint density at radius 2 is 2.14 bits per heavy atom. The summed E-state index contributed by atoms with van der Waals surface area (Å²) in [4.78, 5) is 19.2. The van der Waals surface area contributed by atoms with Crippen molar-refractivity contribution in [2.75, 3.05) is 19.3 Å². The highest BCUT2D eigenvalue weighted by atomic mass is 32.2. The quantitative estimate of drug-likeness (QED) is 0.655. The first-order valence-electron chi connectivity index (χ1n) is 6.73. The van der Waals surface area contributed by atoms with E-state index in [1.54, 1.807) is 35.0 Å². The second-order valence-corrected chi connectivity index (χ2v) is 6.84. The lowest BCUT2D eigenvalue weighted by Gasteiger charge is -2.16. The smallest absolute Gasteiger partial charge is 0.317 e. The molecule has 2 aromatic rings. The number of hydrogen-bond donors (Lipinski definition) is 1. The van der Waals surface area contributed by atoms with E-state index in [-0.39, 0.29) is 6.03 Å². The highest BCUT2D eigenvalue weighted by Gasteiger charge is 2.09. The van der Waals surface area contributed by atoms with Gasteiger partial charge in [-0.2, -0.15) is 0 Å². The maximum absolute atomic E-state index is 11.9. The number of thiazole rings is 1. The van der Waals surface area contributed by atoms with Crippen LogP contribution in [0.15, 0.2) is 40.6 Å². The van der Waals surface area contributed by atoms with Crippen molar-refractivity contribution >= 4 is 29.1 Å². The molecule has 4 nitrogen and oxygen atoms in total. The molecule has 2 rings (SSSR count). The van der Waals surface area contributed by atoms with Gasteiger partial charge < -0.3 is 10.2 Å². The van der Waals surface area contributed by atoms with Gasteiger partial charge in [-0.25, -0.2) is 9.78 Å². The molecule has 0 saturated heterocycles. The van der Waals surface area contributed by atoms with E-state index < -0.39 is 0 Å². The topological polar surface area (TPSA) is 45.2 Å². The van der Waals surface area contributed by atoms with E-state index in [1.165, 1.54) is 4.90 Å². The zero-order valence-electron chi connectivity index (χ0n) is 12.2. The van der Waals surface area contributed by atoms with Crippen LogP contribution in [0.25, 0.3) is 0 Å². The van der Waals surface area contributed by atoms with Gasteiger partial charge in [-0.15, -0.1) is 23.1 Å². The van der Waals surface area contributed by atoms with E-state index in [9.17, 15) is 4.79 Å². The maximum Gasteiger partial charge on any atom is 0.317 e. The maximum atomic E-state index is 11.9. The van der Waals surface area contributed by atoms with Crippen LogP contribution in [-0.4, -0.2) is 35.3 Å². The lowest BCUT2D eigenvalue weighted by Crippen LogP contribution is -2.37. The third-order valence-corrected chi connectivity index (χ3v) is 4.64. The molecule has 0 bridgehead atoms. The van der Waals surface area contributed by atoms with Crippen LogP contribution in [0, 0.1) is 6.92 Å². The first-order valence-corrected chi connectivity index (χ1v) is 8.59. The molecule has 1 heterocycles. The Kier molecular flexibility index (Phi) is 6.07. The van der Waals surface area contributed by atoms with Crippen molar-refractivity contribution in [1.82, 2.24) is 15.2 Å². The molecule has 0 radical (unpaired) electrons. The second-order valence-electron chi connectivity index (χ2n) is 4.61. The van der Waals surface area contributed by atoms with Crippen molar-refractivity contribution in [3.8, 4) is 0 Å². The van der Waals surface area contributed by atoms with Crippen LogP contribution in [0.4, 0.5) is 4.79 Å². The molecule has 1 aromatic carbocycles. The number of amides is 2. The molecule has 0 atom stereocenters. The number of carbonyl (C=O) groups is 1. The minimum Gasteiger partial charge on any atom is -0.337 e. The zero-order valence-corrected chi connectivity index (χ0v) is 13.8. The molecule has 0 aliphatic heterocycles. The third-order valence-electron chi connectivity index (χ3n) is 2.80. The van der Waals surface area contributed by atoms with Crippen LogP contribution < -0.4 is 5.32 Å². The first-order chi connectivity index (χ1) is 10.1. The molecule has 6 heteroatoms. The van der Waals surface area contributed by atoms with Crippen LogP contribution in [-0.2, 0) is 6.54 Å². The van der Waals surface area contributed by atoms with Crippen LogP contribution in [0.5, 0.6) is 0 Å². The lowest BCUT2D eigenvalue weighted by molar-refractivity contribution is 0.207. The number of urea groups is 1. The number of benzene rings is 1. The van der Waals surface area contributed by atoms with Crippen LogP contribution in [0.3, 0.4) is 0 Å². The SMILES string of the molecule is Cc1nc(CN(C)C(=O)NCCSc2ccccc2)cs1. The molecule has 112 valence electrons. The number of hydrogen-bond acceptors (Lipinski definition) is 4. The first kappa shape index (κ1) is 15.9. The fraction of sp³-hybridized carbons (Fsp3) is 0.333. The average molecular weight is 321 g/mol. The van der Waals surface area contributed by atoms with Crippen molar-refractivity contribution in [3.05, 3.63) is 46.4 Å². The van der Waals surface area contributed by atoms with E-state index in [0.717, 1.165) is 16.5 Å². The second kappa shape index (κ2) is 8.05. The summed E-state index contributed by atoms with van der Waals surface area (Å²) in [5.41, 5.74) is 0.939. The summed E-state index contributed by atoms with van der Waals surface area (Å²) in [6.07, 6.45) is 0. The summed E-state index contributed by atoms with van der Waals surface area (Å²) in [7, 11) is 1.79. The Bertz CT molecular complexity index is 571. The summed E-state index contributed by atoms with van der Waals surface area (Å²) < 4.78 is 0. The number of nitrogens with one attached hydrogen (secondary N) is 1. The molecule has 0 fully saturated rings. The van der Waals surface area contributed by atoms with Gasteiger partial charge in [0.05, 0.1) is 17.2 Å². The van der Waals surface area contributed by atoms with Crippen molar-refractivity contribution in [2.45, 2.75) is 18.4 Å². The van der Waals surface area contributed by atoms with E-state index in [4.69, 9.17) is 0 Å². The van der Waals surface area contributed by atoms with Crippen molar-refractivity contribution < 1.29 is 4.79 Å². The molecule has 0 aliphatic carbocycles. The Hall–Kier alpha value is -1.53. The number of rotatable bonds is 6. The molecule has 2 amide bonds. The van der Waals surface area contributed by atoms with Gasteiger partial charge in [-0.3, -0.25) is 0 Å². The lowest BCUT2D eigenvalue weighted by atomic mass is 10.4. The molecular weight excluding hydrogens is 302 g/mol. The summed E-state index contributed by atoms with van der Waals surface area (Å²) >= 11 is 3.34. The number of aryl methyl sites for hydroxylation is 1. The van der Waals surface area contributed by atoms with E-state index in [2.05, 4.69) is 22.4 Å². The molecule has 0 saturated carbocycles. The summed E-state index contributed by atoms with van der Waals surface area (Å²) in [5, 5.41) is 5.94. The summed E-state index contributed by atoms with van der Waals surface area (Å²) in [6.45, 7) is 3.16. The highest BCUT2D eigenvalue weighted by Crippen LogP contribution is 2.15. The largest absolute Gasteiger partial charge is 0.337 e. The highest BCUT2D eigenvalue weighted by molar-refractivity contribution is 7.99. The number of nitrogens with zero attached hydrogens (tertiary/aromatic N) is 2. The van der Waals surface area contributed by atoms with Crippen LogP contribution in [0.1, 0.15) is 10.7 Å². The van der Waals surface area contributed by atoms with Crippen LogP contribution in [0.2, 0.25) is 0 Å². The molecule has 21 heavy (non-hydrogen) atoms. The molecule has 1 N–H and O–H groups in total. The standard InChI is InChI=1S/C15H19N3OS2/c1-12-17-13(11-21-12)10-18(2)15(19)16-8-9-20-14-6-4-3-5-7-14/h3-7,11H,8-10H2,1-2H3,(H,16,19). The van der Waals surface area contributed by atoms with Gasteiger partial charge in [-0.05, 0) is 19.1 Å². The fourth-order valence-corrected chi connectivity index (χ4v) is 3.17. The van der Waals surface area contributed by atoms with Gasteiger partial charge in [0.15, 0.2) is 0 Å².